The van der Waals surface area contributed by atoms with Crippen LogP contribution in [0.4, 0.5) is 17.1 Å². The first-order valence-electron chi connectivity index (χ1n) is 8.91. The van der Waals surface area contributed by atoms with Crippen molar-refractivity contribution in [1.29, 1.82) is 0 Å². The monoisotopic (exact) mass is 385 g/mol. The van der Waals surface area contributed by atoms with Crippen molar-refractivity contribution in [2.75, 3.05) is 35.8 Å². The molecule has 6 heteroatoms. The lowest BCUT2D eigenvalue weighted by Gasteiger charge is -2.19. The van der Waals surface area contributed by atoms with E-state index >= 15 is 0 Å². The summed E-state index contributed by atoms with van der Waals surface area (Å²) < 4.78 is 0. The standard InChI is InChI=1S/C21H24ClN3O2/c1-13-9-14(2)20(18(22)10-13)23-21(27)15-11-19(26)25(12-15)17-7-5-16(6-8-17)24(3)4/h5-10,15H,11-12H2,1-4H3,(H,23,27). The third kappa shape index (κ3) is 4.08. The molecule has 0 saturated carbocycles. The number of benzene rings is 2. The number of nitrogens with one attached hydrogen (secondary N) is 1. The van der Waals surface area contributed by atoms with Crippen LogP contribution in [-0.4, -0.2) is 32.5 Å². The van der Waals surface area contributed by atoms with E-state index in [4.69, 9.17) is 11.6 Å². The average Bonchev–Trinajstić information content (AvgIpc) is 3.00. The van der Waals surface area contributed by atoms with Crippen LogP contribution in [0.3, 0.4) is 0 Å². The lowest BCUT2D eigenvalue weighted by Crippen LogP contribution is -2.28. The summed E-state index contributed by atoms with van der Waals surface area (Å²) in [6.07, 6.45) is 0.198. The Balaban J connectivity index is 1.72. The van der Waals surface area contributed by atoms with Crippen LogP contribution in [0, 0.1) is 19.8 Å². The number of amides is 2. The third-order valence-electron chi connectivity index (χ3n) is 4.85. The largest absolute Gasteiger partial charge is 0.378 e. The third-order valence-corrected chi connectivity index (χ3v) is 5.15. The lowest BCUT2D eigenvalue weighted by atomic mass is 10.1. The quantitative estimate of drug-likeness (QED) is 0.864. The second kappa shape index (κ2) is 7.61. The summed E-state index contributed by atoms with van der Waals surface area (Å²) in [7, 11) is 3.93. The predicted molar refractivity (Wildman–Crippen MR) is 111 cm³/mol. The van der Waals surface area contributed by atoms with Crippen molar-refractivity contribution < 1.29 is 9.59 Å². The van der Waals surface area contributed by atoms with Gasteiger partial charge in [-0.05, 0) is 55.3 Å². The number of carbonyl (C=O) groups is 2. The van der Waals surface area contributed by atoms with Gasteiger partial charge in [-0.3, -0.25) is 9.59 Å². The van der Waals surface area contributed by atoms with Crippen molar-refractivity contribution in [3.63, 3.8) is 0 Å². The van der Waals surface area contributed by atoms with Crippen LogP contribution in [0.5, 0.6) is 0 Å². The highest BCUT2D eigenvalue weighted by Crippen LogP contribution is 2.30. The molecule has 2 aromatic rings. The Kier molecular flexibility index (Phi) is 5.42. The molecule has 142 valence electrons. The summed E-state index contributed by atoms with van der Waals surface area (Å²) in [5.74, 6) is -0.619. The fourth-order valence-electron chi connectivity index (χ4n) is 3.36. The van der Waals surface area contributed by atoms with Crippen LogP contribution in [0.1, 0.15) is 17.5 Å². The van der Waals surface area contributed by atoms with Crippen LogP contribution in [0.25, 0.3) is 0 Å². The van der Waals surface area contributed by atoms with E-state index < -0.39 is 5.92 Å². The van der Waals surface area contributed by atoms with E-state index in [-0.39, 0.29) is 18.2 Å². The first-order chi connectivity index (χ1) is 12.8. The molecule has 1 saturated heterocycles. The second-order valence-electron chi connectivity index (χ2n) is 7.24. The molecule has 0 spiro atoms. The fraction of sp³-hybridized carbons (Fsp3) is 0.333. The van der Waals surface area contributed by atoms with Crippen molar-refractivity contribution in [1.82, 2.24) is 0 Å². The molecule has 1 unspecified atom stereocenters. The summed E-state index contributed by atoms with van der Waals surface area (Å²) in [6.45, 7) is 4.24. The Bertz CT molecular complexity index is 854. The summed E-state index contributed by atoms with van der Waals surface area (Å²) >= 11 is 6.28. The molecule has 1 N–H and O–H groups in total. The van der Waals surface area contributed by atoms with Crippen molar-refractivity contribution in [3.8, 4) is 0 Å². The number of rotatable bonds is 4. The number of aryl methyl sites for hydroxylation is 2. The number of hydrogen-bond acceptors (Lipinski definition) is 3. The van der Waals surface area contributed by atoms with Crippen LogP contribution < -0.4 is 15.1 Å². The van der Waals surface area contributed by atoms with Crippen molar-refractivity contribution in [3.05, 3.63) is 52.5 Å². The van der Waals surface area contributed by atoms with Gasteiger partial charge >= 0.3 is 0 Å². The Morgan fingerprint density at radius 1 is 1.19 bits per heavy atom. The average molecular weight is 386 g/mol. The molecule has 27 heavy (non-hydrogen) atoms. The molecule has 0 bridgehead atoms. The van der Waals surface area contributed by atoms with Gasteiger partial charge in [-0.15, -0.1) is 0 Å². The normalized spacial score (nSPS) is 16.6. The Hall–Kier alpha value is -2.53. The zero-order chi connectivity index (χ0) is 19.7. The summed E-state index contributed by atoms with van der Waals surface area (Å²) in [5, 5.41) is 3.42. The minimum atomic E-state index is -0.400. The number of hydrogen-bond donors (Lipinski definition) is 1. The van der Waals surface area contributed by atoms with Gasteiger partial charge in [0.15, 0.2) is 0 Å². The molecular formula is C21H24ClN3O2. The number of anilines is 3. The molecule has 1 atom stereocenters. The first-order valence-corrected chi connectivity index (χ1v) is 9.29. The van der Waals surface area contributed by atoms with Gasteiger partial charge in [0.25, 0.3) is 0 Å². The number of carbonyl (C=O) groups excluding carboxylic acids is 2. The van der Waals surface area contributed by atoms with Crippen LogP contribution >= 0.6 is 11.6 Å². The highest BCUT2D eigenvalue weighted by Gasteiger charge is 2.35. The van der Waals surface area contributed by atoms with Crippen LogP contribution in [0.2, 0.25) is 5.02 Å². The molecule has 0 aliphatic carbocycles. The van der Waals surface area contributed by atoms with Crippen molar-refractivity contribution in [2.24, 2.45) is 5.92 Å². The maximum atomic E-state index is 12.7. The van der Waals surface area contributed by atoms with Crippen LogP contribution in [-0.2, 0) is 9.59 Å². The fourth-order valence-corrected chi connectivity index (χ4v) is 3.73. The molecule has 1 fully saturated rings. The van der Waals surface area contributed by atoms with Gasteiger partial charge in [0.2, 0.25) is 11.8 Å². The van der Waals surface area contributed by atoms with Gasteiger partial charge in [-0.25, -0.2) is 0 Å². The van der Waals surface area contributed by atoms with E-state index in [0.717, 1.165) is 22.5 Å². The summed E-state index contributed by atoms with van der Waals surface area (Å²) in [5.41, 5.74) is 4.44. The molecule has 0 aromatic heterocycles. The molecule has 5 nitrogen and oxygen atoms in total. The van der Waals surface area contributed by atoms with Gasteiger partial charge in [-0.1, -0.05) is 17.7 Å². The maximum Gasteiger partial charge on any atom is 0.229 e. The summed E-state index contributed by atoms with van der Waals surface area (Å²) in [6, 6.07) is 11.5. The Labute approximate surface area is 164 Å². The minimum Gasteiger partial charge on any atom is -0.378 e. The van der Waals surface area contributed by atoms with E-state index in [9.17, 15) is 9.59 Å². The zero-order valence-corrected chi connectivity index (χ0v) is 16.8. The topological polar surface area (TPSA) is 52.7 Å². The molecule has 1 aliphatic heterocycles. The molecule has 0 radical (unpaired) electrons. The first kappa shape index (κ1) is 19.2. The summed E-state index contributed by atoms with van der Waals surface area (Å²) in [4.78, 5) is 28.8. The molecule has 3 rings (SSSR count). The highest BCUT2D eigenvalue weighted by atomic mass is 35.5. The Morgan fingerprint density at radius 3 is 2.44 bits per heavy atom. The molecular weight excluding hydrogens is 362 g/mol. The Morgan fingerprint density at radius 2 is 1.85 bits per heavy atom. The minimum absolute atomic E-state index is 0.0421. The molecule has 2 amide bonds. The number of nitrogens with zero attached hydrogens (tertiary/aromatic N) is 2. The number of halogens is 1. The molecule has 2 aromatic carbocycles. The molecule has 1 aliphatic rings. The SMILES string of the molecule is Cc1cc(C)c(NC(=O)C2CC(=O)N(c3ccc(N(C)C)cc3)C2)c(Cl)c1. The van der Waals surface area contributed by atoms with Gasteiger partial charge < -0.3 is 15.1 Å². The van der Waals surface area contributed by atoms with E-state index in [1.54, 1.807) is 4.90 Å². The van der Waals surface area contributed by atoms with Crippen LogP contribution in [0.15, 0.2) is 36.4 Å². The van der Waals surface area contributed by atoms with E-state index in [1.807, 2.05) is 69.2 Å². The second-order valence-corrected chi connectivity index (χ2v) is 7.65. The smallest absolute Gasteiger partial charge is 0.229 e. The van der Waals surface area contributed by atoms with E-state index in [1.165, 1.54) is 0 Å². The van der Waals surface area contributed by atoms with Gasteiger partial charge in [0.1, 0.15) is 0 Å². The van der Waals surface area contributed by atoms with Crippen molar-refractivity contribution >= 4 is 40.5 Å². The van der Waals surface area contributed by atoms with E-state index in [2.05, 4.69) is 5.32 Å². The van der Waals surface area contributed by atoms with Gasteiger partial charge in [-0.2, -0.15) is 0 Å². The predicted octanol–water partition coefficient (Wildman–Crippen LogP) is 4.01. The van der Waals surface area contributed by atoms with Gasteiger partial charge in [0, 0.05) is 38.4 Å². The maximum absolute atomic E-state index is 12.7. The molecule has 1 heterocycles. The van der Waals surface area contributed by atoms with E-state index in [0.29, 0.717) is 17.3 Å². The zero-order valence-electron chi connectivity index (χ0n) is 16.0. The van der Waals surface area contributed by atoms with Gasteiger partial charge in [0.05, 0.1) is 16.6 Å². The van der Waals surface area contributed by atoms with Crippen molar-refractivity contribution in [2.45, 2.75) is 20.3 Å². The highest BCUT2D eigenvalue weighted by molar-refractivity contribution is 6.34. The lowest BCUT2D eigenvalue weighted by molar-refractivity contribution is -0.122.